The molecule has 36 heavy (non-hydrogen) atoms. The van der Waals surface area contributed by atoms with Crippen molar-refractivity contribution in [2.45, 2.75) is 19.4 Å². The molecule has 2 amide bonds. The van der Waals surface area contributed by atoms with Crippen molar-refractivity contribution in [2.24, 2.45) is 12.1 Å². The van der Waals surface area contributed by atoms with Crippen LogP contribution >= 0.6 is 0 Å². The minimum absolute atomic E-state index is 0.178. The minimum Gasteiger partial charge on any atom is -0.337 e. The number of hydrazone groups is 1. The molecule has 0 spiro atoms. The molecule has 1 fully saturated rings. The summed E-state index contributed by atoms with van der Waals surface area (Å²) in [5.74, 6) is -0.689. The Balaban J connectivity index is 1.29. The van der Waals surface area contributed by atoms with Crippen LogP contribution in [0, 0.1) is 29.9 Å². The molecule has 2 aliphatic heterocycles. The SMILES string of the molecule is Cc1cnn(C)c1-c1nc(N2CCN(C(=O)N3N=CC[C@H]3c3cc(F)cc(C#N)c3)CC2)ncc1F. The smallest absolute Gasteiger partial charge is 0.337 e. The third kappa shape index (κ3) is 4.24. The summed E-state index contributed by atoms with van der Waals surface area (Å²) in [6.45, 7) is 3.49. The number of aryl methyl sites for hydroxylation is 2. The van der Waals surface area contributed by atoms with Crippen LogP contribution in [0.2, 0.25) is 0 Å². The monoisotopic (exact) mass is 491 g/mol. The van der Waals surface area contributed by atoms with E-state index in [1.807, 2.05) is 17.9 Å². The molecule has 0 bridgehead atoms. The first-order valence-electron chi connectivity index (χ1n) is 11.4. The quantitative estimate of drug-likeness (QED) is 0.558. The highest BCUT2D eigenvalue weighted by molar-refractivity contribution is 5.79. The molecule has 2 aromatic heterocycles. The third-order valence-corrected chi connectivity index (χ3v) is 6.37. The predicted octanol–water partition coefficient (Wildman–Crippen LogP) is 3.01. The standard InChI is InChI=1S/C24H23F2N9O/c1-15-13-30-32(2)22(15)21-19(26)14-28-23(31-21)33-5-7-34(8-6-33)24(36)35-20(3-4-29-35)17-9-16(12-27)10-18(25)11-17/h4,9-11,13-14,20H,3,5-8H2,1-2H3/t20-/m0/s1. The maximum absolute atomic E-state index is 14.6. The molecule has 3 aromatic rings. The number of hydrogen-bond donors (Lipinski definition) is 0. The summed E-state index contributed by atoms with van der Waals surface area (Å²) in [5, 5.41) is 18.9. The number of hydrogen-bond acceptors (Lipinski definition) is 7. The number of piperazine rings is 1. The Hall–Kier alpha value is -4.40. The van der Waals surface area contributed by atoms with E-state index in [-0.39, 0.29) is 17.3 Å². The van der Waals surface area contributed by atoms with Crippen molar-refractivity contribution in [3.05, 3.63) is 58.9 Å². The van der Waals surface area contributed by atoms with Gasteiger partial charge in [0.2, 0.25) is 5.95 Å². The van der Waals surface area contributed by atoms with Crippen LogP contribution in [-0.4, -0.2) is 68.1 Å². The molecule has 184 valence electrons. The van der Waals surface area contributed by atoms with Crippen LogP contribution in [0.4, 0.5) is 19.5 Å². The number of rotatable bonds is 3. The van der Waals surface area contributed by atoms with E-state index in [2.05, 4.69) is 20.2 Å². The second kappa shape index (κ2) is 9.33. The lowest BCUT2D eigenvalue weighted by atomic mass is 10.0. The molecule has 5 rings (SSSR count). The van der Waals surface area contributed by atoms with Crippen LogP contribution in [0.5, 0.6) is 0 Å². The van der Waals surface area contributed by atoms with Crippen LogP contribution in [0.1, 0.15) is 29.2 Å². The van der Waals surface area contributed by atoms with Crippen LogP contribution in [0.25, 0.3) is 11.4 Å². The molecule has 0 N–H and O–H groups in total. The molecule has 1 atom stereocenters. The summed E-state index contributed by atoms with van der Waals surface area (Å²) in [5.41, 5.74) is 2.28. The molecule has 2 aliphatic rings. The molecule has 0 saturated carbocycles. The summed E-state index contributed by atoms with van der Waals surface area (Å²) in [6.07, 6.45) is 4.85. The molecular weight excluding hydrogens is 468 g/mol. The zero-order valence-electron chi connectivity index (χ0n) is 19.8. The van der Waals surface area contributed by atoms with Gasteiger partial charge >= 0.3 is 6.03 Å². The second-order valence-corrected chi connectivity index (χ2v) is 8.70. The fourth-order valence-electron chi connectivity index (χ4n) is 4.55. The van der Waals surface area contributed by atoms with Gasteiger partial charge in [0.1, 0.15) is 11.5 Å². The Kier molecular flexibility index (Phi) is 6.05. The maximum atomic E-state index is 14.6. The second-order valence-electron chi connectivity index (χ2n) is 8.70. The molecule has 0 unspecified atom stereocenters. The van der Waals surface area contributed by atoms with Gasteiger partial charge in [0, 0.05) is 45.9 Å². The predicted molar refractivity (Wildman–Crippen MR) is 127 cm³/mol. The van der Waals surface area contributed by atoms with Crippen LogP contribution < -0.4 is 4.90 Å². The van der Waals surface area contributed by atoms with Crippen LogP contribution in [0.15, 0.2) is 35.7 Å². The average molecular weight is 492 g/mol. The van der Waals surface area contributed by atoms with Gasteiger partial charge in [0.15, 0.2) is 5.82 Å². The van der Waals surface area contributed by atoms with Gasteiger partial charge in [0.25, 0.3) is 0 Å². The van der Waals surface area contributed by atoms with Gasteiger partial charge in [-0.1, -0.05) is 0 Å². The zero-order valence-corrected chi connectivity index (χ0v) is 19.8. The van der Waals surface area contributed by atoms with Gasteiger partial charge in [0.05, 0.1) is 35.8 Å². The van der Waals surface area contributed by atoms with Gasteiger partial charge in [-0.3, -0.25) is 4.68 Å². The number of halogens is 2. The minimum atomic E-state index is -0.533. The number of amides is 2. The van der Waals surface area contributed by atoms with Crippen molar-refractivity contribution in [3.63, 3.8) is 0 Å². The highest BCUT2D eigenvalue weighted by atomic mass is 19.1. The lowest BCUT2D eigenvalue weighted by molar-refractivity contribution is 0.139. The van der Waals surface area contributed by atoms with E-state index in [9.17, 15) is 13.6 Å². The van der Waals surface area contributed by atoms with Crippen molar-refractivity contribution in [2.75, 3.05) is 31.1 Å². The Labute approximate surface area is 206 Å². The molecule has 12 heteroatoms. The lowest BCUT2D eigenvalue weighted by Gasteiger charge is -2.37. The molecule has 4 heterocycles. The van der Waals surface area contributed by atoms with E-state index in [1.165, 1.54) is 11.1 Å². The van der Waals surface area contributed by atoms with Crippen molar-refractivity contribution < 1.29 is 13.6 Å². The molecule has 1 aromatic carbocycles. The lowest BCUT2D eigenvalue weighted by Crippen LogP contribution is -2.52. The average Bonchev–Trinajstić information content (AvgIpc) is 3.50. The summed E-state index contributed by atoms with van der Waals surface area (Å²) >= 11 is 0. The first-order chi connectivity index (χ1) is 17.4. The molecule has 0 radical (unpaired) electrons. The molecular formula is C24H23F2N9O. The Bertz CT molecular complexity index is 1370. The van der Waals surface area contributed by atoms with Crippen molar-refractivity contribution in [3.8, 4) is 17.5 Å². The Morgan fingerprint density at radius 1 is 1.14 bits per heavy atom. The highest BCUT2D eigenvalue weighted by Crippen LogP contribution is 2.31. The first kappa shape index (κ1) is 23.3. The maximum Gasteiger partial charge on any atom is 0.341 e. The van der Waals surface area contributed by atoms with E-state index in [0.717, 1.165) is 17.8 Å². The topological polar surface area (TPSA) is 107 Å². The largest absolute Gasteiger partial charge is 0.341 e. The zero-order chi connectivity index (χ0) is 25.4. The first-order valence-corrected chi connectivity index (χ1v) is 11.4. The van der Waals surface area contributed by atoms with Crippen molar-refractivity contribution in [1.82, 2.24) is 29.7 Å². The molecule has 1 saturated heterocycles. The fourth-order valence-corrected chi connectivity index (χ4v) is 4.55. The number of nitriles is 1. The summed E-state index contributed by atoms with van der Waals surface area (Å²) in [6, 6.07) is 5.21. The normalized spacial score (nSPS) is 17.5. The fraction of sp³-hybridized carbons (Fsp3) is 0.333. The number of aromatic nitrogens is 4. The Morgan fingerprint density at radius 3 is 2.61 bits per heavy atom. The van der Waals surface area contributed by atoms with E-state index >= 15 is 0 Å². The van der Waals surface area contributed by atoms with E-state index < -0.39 is 17.7 Å². The summed E-state index contributed by atoms with van der Waals surface area (Å²) < 4.78 is 30.1. The number of carbonyl (C=O) groups excluding carboxylic acids is 1. The van der Waals surface area contributed by atoms with Gasteiger partial charge < -0.3 is 9.80 Å². The number of urea groups is 1. The molecule has 0 aliphatic carbocycles. The summed E-state index contributed by atoms with van der Waals surface area (Å²) in [4.78, 5) is 25.5. The molecule has 10 nitrogen and oxygen atoms in total. The van der Waals surface area contributed by atoms with Crippen molar-refractivity contribution in [1.29, 1.82) is 5.26 Å². The number of carbonyl (C=O) groups is 1. The van der Waals surface area contributed by atoms with Gasteiger partial charge in [-0.05, 0) is 36.2 Å². The van der Waals surface area contributed by atoms with Crippen LogP contribution in [-0.2, 0) is 7.05 Å². The Morgan fingerprint density at radius 2 is 1.92 bits per heavy atom. The van der Waals surface area contributed by atoms with Crippen LogP contribution in [0.3, 0.4) is 0 Å². The van der Waals surface area contributed by atoms with Crippen molar-refractivity contribution >= 4 is 18.2 Å². The van der Waals surface area contributed by atoms with Gasteiger partial charge in [-0.15, -0.1) is 0 Å². The van der Waals surface area contributed by atoms with Gasteiger partial charge in [-0.2, -0.15) is 15.5 Å². The van der Waals surface area contributed by atoms with E-state index in [0.29, 0.717) is 49.8 Å². The highest BCUT2D eigenvalue weighted by Gasteiger charge is 2.34. The third-order valence-electron chi connectivity index (χ3n) is 6.37. The number of nitrogens with zero attached hydrogens (tertiary/aromatic N) is 9. The van der Waals surface area contributed by atoms with Gasteiger partial charge in [-0.25, -0.2) is 28.6 Å². The number of benzene rings is 1. The summed E-state index contributed by atoms with van der Waals surface area (Å²) in [7, 11) is 1.73. The van der Waals surface area contributed by atoms with E-state index in [1.54, 1.807) is 35.1 Å². The number of anilines is 1. The van der Waals surface area contributed by atoms with E-state index in [4.69, 9.17) is 5.26 Å².